The number of nitrogens with zero attached hydrogens (tertiary/aromatic N) is 1. The van der Waals surface area contributed by atoms with E-state index in [-0.39, 0.29) is 23.7 Å². The summed E-state index contributed by atoms with van der Waals surface area (Å²) < 4.78 is 80.1. The first-order valence-electron chi connectivity index (χ1n) is 10.3. The van der Waals surface area contributed by atoms with E-state index in [1.807, 2.05) is 13.8 Å². The molecule has 0 aromatic heterocycles. The Balaban J connectivity index is 2.41. The molecule has 2 rings (SSSR count). The molecule has 186 valence electrons. The molecule has 11 heteroatoms. The molecule has 2 aromatic rings. The summed E-state index contributed by atoms with van der Waals surface area (Å²) in [4.78, 5) is 26.0. The monoisotopic (exact) mass is 508 g/mol. The third-order valence-corrected chi connectivity index (χ3v) is 5.16. The first kappa shape index (κ1) is 27.5. The van der Waals surface area contributed by atoms with Crippen LogP contribution in [0.2, 0.25) is 0 Å². The average molecular weight is 509 g/mol. The van der Waals surface area contributed by atoms with Crippen LogP contribution in [0.1, 0.15) is 47.3 Å². The van der Waals surface area contributed by atoms with Crippen molar-refractivity contribution in [2.45, 2.75) is 39.2 Å². The maximum Gasteiger partial charge on any atom is 0.416 e. The highest BCUT2D eigenvalue weighted by molar-refractivity contribution is 6.29. The quantitative estimate of drug-likeness (QED) is 0.337. The maximum absolute atomic E-state index is 13.5. The van der Waals surface area contributed by atoms with E-state index in [2.05, 4.69) is 5.32 Å². The lowest BCUT2D eigenvalue weighted by Crippen LogP contribution is -2.34. The Morgan fingerprint density at radius 1 is 1.00 bits per heavy atom. The van der Waals surface area contributed by atoms with Crippen LogP contribution < -0.4 is 10.2 Å². The molecule has 0 spiro atoms. The SMILES string of the molecule is CC(C)CCN(C(=O)CCl)c1cc(C(=O)NCc2ccccc2C(F)(F)F)cc(C(F)(F)F)c1. The molecular weight excluding hydrogens is 486 g/mol. The summed E-state index contributed by atoms with van der Waals surface area (Å²) >= 11 is 5.63. The van der Waals surface area contributed by atoms with Crippen LogP contribution in [0.3, 0.4) is 0 Å². The second kappa shape index (κ2) is 11.1. The number of rotatable bonds is 8. The van der Waals surface area contributed by atoms with Crippen LogP contribution in [0.25, 0.3) is 0 Å². The normalized spacial score (nSPS) is 12.1. The summed E-state index contributed by atoms with van der Waals surface area (Å²) in [6.45, 7) is 3.25. The van der Waals surface area contributed by atoms with E-state index in [9.17, 15) is 35.9 Å². The van der Waals surface area contributed by atoms with Crippen LogP contribution in [0, 0.1) is 5.92 Å². The molecule has 0 heterocycles. The molecule has 0 bridgehead atoms. The molecular formula is C23H23ClF6N2O2. The number of amides is 2. The van der Waals surface area contributed by atoms with Crippen LogP contribution in [0.4, 0.5) is 32.0 Å². The number of benzene rings is 2. The molecule has 0 saturated heterocycles. The van der Waals surface area contributed by atoms with Crippen molar-refractivity contribution in [2.75, 3.05) is 17.3 Å². The minimum Gasteiger partial charge on any atom is -0.348 e. The number of hydrogen-bond acceptors (Lipinski definition) is 2. The zero-order chi connectivity index (χ0) is 25.7. The zero-order valence-corrected chi connectivity index (χ0v) is 19.1. The van der Waals surface area contributed by atoms with Gasteiger partial charge in [-0.1, -0.05) is 32.0 Å². The standard InChI is InChI=1S/C23H23ClF6N2O2/c1-14(2)7-8-32(20(33)12-24)18-10-16(9-17(11-18)22(25,26)27)21(34)31-13-15-5-3-4-6-19(15)23(28,29)30/h3-6,9-11,14H,7-8,12-13H2,1-2H3,(H,31,34). The van der Waals surface area contributed by atoms with E-state index < -0.39 is 53.3 Å². The van der Waals surface area contributed by atoms with Gasteiger partial charge >= 0.3 is 12.4 Å². The molecule has 2 amide bonds. The van der Waals surface area contributed by atoms with E-state index in [4.69, 9.17) is 11.6 Å². The topological polar surface area (TPSA) is 49.4 Å². The minimum atomic E-state index is -4.83. The molecule has 0 aliphatic rings. The van der Waals surface area contributed by atoms with Gasteiger partial charge in [0.25, 0.3) is 5.91 Å². The number of anilines is 1. The molecule has 0 aliphatic heterocycles. The van der Waals surface area contributed by atoms with E-state index in [1.54, 1.807) is 0 Å². The minimum absolute atomic E-state index is 0.0740. The fourth-order valence-electron chi connectivity index (χ4n) is 3.15. The average Bonchev–Trinajstić information content (AvgIpc) is 2.75. The van der Waals surface area contributed by atoms with Crippen molar-refractivity contribution in [2.24, 2.45) is 5.92 Å². The lowest BCUT2D eigenvalue weighted by atomic mass is 10.0. The van der Waals surface area contributed by atoms with Crippen LogP contribution in [0.5, 0.6) is 0 Å². The number of carbonyl (C=O) groups excluding carboxylic acids is 2. The van der Waals surface area contributed by atoms with E-state index in [0.717, 1.165) is 29.2 Å². The second-order valence-electron chi connectivity index (χ2n) is 7.97. The van der Waals surface area contributed by atoms with Crippen molar-refractivity contribution in [1.29, 1.82) is 0 Å². The maximum atomic E-state index is 13.5. The van der Waals surface area contributed by atoms with Crippen LogP contribution in [-0.2, 0) is 23.7 Å². The van der Waals surface area contributed by atoms with Gasteiger partial charge in [-0.05, 0) is 42.2 Å². The molecule has 0 unspecified atom stereocenters. The van der Waals surface area contributed by atoms with Crippen molar-refractivity contribution in [1.82, 2.24) is 5.32 Å². The summed E-state index contributed by atoms with van der Waals surface area (Å²) in [6, 6.07) is 6.95. The molecule has 0 saturated carbocycles. The van der Waals surface area contributed by atoms with Crippen LogP contribution in [-0.4, -0.2) is 24.2 Å². The smallest absolute Gasteiger partial charge is 0.348 e. The molecule has 34 heavy (non-hydrogen) atoms. The Labute approximate surface area is 197 Å². The van der Waals surface area contributed by atoms with Gasteiger partial charge in [-0.3, -0.25) is 9.59 Å². The predicted molar refractivity (Wildman–Crippen MR) is 117 cm³/mol. The lowest BCUT2D eigenvalue weighted by molar-refractivity contribution is -0.138. The molecule has 2 aromatic carbocycles. The summed E-state index contributed by atoms with van der Waals surface area (Å²) in [5.41, 5.74) is -3.02. The molecule has 0 aliphatic carbocycles. The van der Waals surface area contributed by atoms with Gasteiger partial charge in [0.15, 0.2) is 0 Å². The Morgan fingerprint density at radius 2 is 1.65 bits per heavy atom. The van der Waals surface area contributed by atoms with Gasteiger partial charge in [0, 0.05) is 24.3 Å². The van der Waals surface area contributed by atoms with Crippen LogP contribution >= 0.6 is 11.6 Å². The largest absolute Gasteiger partial charge is 0.416 e. The predicted octanol–water partition coefficient (Wildman–Crippen LogP) is 6.27. The van der Waals surface area contributed by atoms with Crippen molar-refractivity contribution >= 4 is 29.1 Å². The summed E-state index contributed by atoms with van der Waals surface area (Å²) in [6.07, 6.45) is -9.03. The van der Waals surface area contributed by atoms with Gasteiger partial charge in [-0.25, -0.2) is 0 Å². The first-order valence-corrected chi connectivity index (χ1v) is 10.8. The number of alkyl halides is 7. The van der Waals surface area contributed by atoms with Gasteiger partial charge in [-0.2, -0.15) is 26.3 Å². The number of nitrogens with one attached hydrogen (secondary N) is 1. The highest BCUT2D eigenvalue weighted by atomic mass is 35.5. The van der Waals surface area contributed by atoms with Gasteiger partial charge in [0.2, 0.25) is 5.91 Å². The number of hydrogen-bond donors (Lipinski definition) is 1. The summed E-state index contributed by atoms with van der Waals surface area (Å²) in [5.74, 6) is -2.02. The van der Waals surface area contributed by atoms with Gasteiger partial charge in [0.1, 0.15) is 5.88 Å². The Morgan fingerprint density at radius 3 is 2.21 bits per heavy atom. The Kier molecular flexibility index (Phi) is 8.99. The molecule has 0 atom stereocenters. The van der Waals surface area contributed by atoms with E-state index in [0.29, 0.717) is 12.5 Å². The fraction of sp³-hybridized carbons (Fsp3) is 0.391. The van der Waals surface area contributed by atoms with E-state index in [1.165, 1.54) is 12.1 Å². The molecule has 4 nitrogen and oxygen atoms in total. The number of halogens is 7. The lowest BCUT2D eigenvalue weighted by Gasteiger charge is -2.24. The summed E-state index contributed by atoms with van der Waals surface area (Å²) in [7, 11) is 0. The highest BCUT2D eigenvalue weighted by Gasteiger charge is 2.34. The summed E-state index contributed by atoms with van der Waals surface area (Å²) in [5, 5.41) is 2.23. The zero-order valence-electron chi connectivity index (χ0n) is 18.4. The van der Waals surface area contributed by atoms with Crippen molar-refractivity contribution in [3.63, 3.8) is 0 Å². The molecule has 1 N–H and O–H groups in total. The van der Waals surface area contributed by atoms with Crippen molar-refractivity contribution in [3.05, 3.63) is 64.7 Å². The van der Waals surface area contributed by atoms with Gasteiger partial charge in [-0.15, -0.1) is 11.6 Å². The highest BCUT2D eigenvalue weighted by Crippen LogP contribution is 2.34. The Bertz CT molecular complexity index is 1020. The fourth-order valence-corrected chi connectivity index (χ4v) is 3.29. The Hall–Kier alpha value is -2.75. The third kappa shape index (κ3) is 7.38. The van der Waals surface area contributed by atoms with Crippen LogP contribution in [0.15, 0.2) is 42.5 Å². The van der Waals surface area contributed by atoms with Crippen molar-refractivity contribution in [3.8, 4) is 0 Å². The second-order valence-corrected chi connectivity index (χ2v) is 8.23. The van der Waals surface area contributed by atoms with E-state index >= 15 is 0 Å². The first-order chi connectivity index (χ1) is 15.7. The molecule has 0 fully saturated rings. The van der Waals surface area contributed by atoms with Gasteiger partial charge in [0.05, 0.1) is 11.1 Å². The third-order valence-electron chi connectivity index (χ3n) is 4.93. The van der Waals surface area contributed by atoms with Gasteiger partial charge < -0.3 is 10.2 Å². The molecule has 0 radical (unpaired) electrons. The van der Waals surface area contributed by atoms with Crippen molar-refractivity contribution < 1.29 is 35.9 Å². The number of carbonyl (C=O) groups is 2.